The number of carbonyl (C=O) groups is 8. The minimum Gasteiger partial charge on any atom is -0.479 e. The minimum absolute atomic E-state index is 0.0196. The Morgan fingerprint density at radius 3 is 2.36 bits per heavy atom. The fourth-order valence-corrected chi connectivity index (χ4v) is 12.4. The van der Waals surface area contributed by atoms with E-state index in [1.807, 2.05) is 24.3 Å². The molecular formula is C67H67FN8O18. The molecule has 4 aliphatic heterocycles. The normalized spacial score (nSPS) is 20.7. The molecular weight excluding hydrogens is 1220 g/mol. The van der Waals surface area contributed by atoms with Gasteiger partial charge >= 0.3 is 18.0 Å². The highest BCUT2D eigenvalue weighted by molar-refractivity contribution is 5.98. The summed E-state index contributed by atoms with van der Waals surface area (Å²) in [5, 5.41) is 67.0. The molecule has 5 aliphatic rings. The summed E-state index contributed by atoms with van der Waals surface area (Å²) in [5.41, 5.74) is 3.73. The van der Waals surface area contributed by atoms with Crippen LogP contribution in [0.1, 0.15) is 120 Å². The number of benzene rings is 4. The van der Waals surface area contributed by atoms with Crippen molar-refractivity contribution in [3.8, 4) is 29.0 Å². The van der Waals surface area contributed by atoms with Crippen LogP contribution in [0.2, 0.25) is 0 Å². The van der Waals surface area contributed by atoms with Crippen molar-refractivity contribution >= 4 is 64.2 Å². The molecule has 11 rings (SSSR count). The van der Waals surface area contributed by atoms with Gasteiger partial charge in [0.1, 0.15) is 49.1 Å². The third kappa shape index (κ3) is 13.0. The lowest BCUT2D eigenvalue weighted by atomic mass is 9.81. The van der Waals surface area contributed by atoms with Gasteiger partial charge in [0.05, 0.1) is 47.3 Å². The second-order valence-electron chi connectivity index (χ2n) is 23.4. The number of carboxylic acid groups (broad SMARTS) is 1. The van der Waals surface area contributed by atoms with Crippen LogP contribution < -0.4 is 41.8 Å². The summed E-state index contributed by atoms with van der Waals surface area (Å²) in [4.78, 5) is 126. The molecule has 2 aromatic heterocycles. The first kappa shape index (κ1) is 65.4. The third-order valence-electron chi connectivity index (χ3n) is 17.6. The maximum Gasteiger partial charge on any atom is 0.407 e. The van der Waals surface area contributed by atoms with Gasteiger partial charge in [0, 0.05) is 84.6 Å². The fourth-order valence-electron chi connectivity index (χ4n) is 12.4. The zero-order valence-corrected chi connectivity index (χ0v) is 51.2. The van der Waals surface area contributed by atoms with Crippen LogP contribution in [0.15, 0.2) is 83.7 Å². The zero-order chi connectivity index (χ0) is 66.9. The molecule has 8 atom stereocenters. The van der Waals surface area contributed by atoms with Crippen LogP contribution in [-0.2, 0) is 92.6 Å². The highest BCUT2D eigenvalue weighted by Gasteiger charge is 2.49. The first-order valence-electron chi connectivity index (χ1n) is 30.6. The summed E-state index contributed by atoms with van der Waals surface area (Å²) in [6.45, 7) is 3.25. The van der Waals surface area contributed by atoms with Gasteiger partial charge in [-0.25, -0.2) is 23.8 Å². The van der Waals surface area contributed by atoms with E-state index in [0.717, 1.165) is 11.1 Å². The number of cyclic esters (lactones) is 1. The smallest absolute Gasteiger partial charge is 0.407 e. The Kier molecular flexibility index (Phi) is 18.9. The number of fused-ring (bicyclic) bond motifs is 7. The molecule has 6 aromatic rings. The SMILES string of the molecule is CCC(=O)NC[C@H](NC(=O)CCC(=O)N1Cc2ccccc2C#Cc2ccccc21)C(=O)NCCC(=O)NCc1cc(COC(=O)N[C@H]2CCc3c(C)c(F)cc4nc5c(c2c34)Cn2c-5cc3c(c2=O)COC(=O)[C@]3(O)CC)ccc1O[C@@H]1O[C@H](C(=O)O)[C@@H](O)[C@H](O)[C@H]1O. The Balaban J connectivity index is 0.761. The van der Waals surface area contributed by atoms with Gasteiger partial charge in [-0.1, -0.05) is 62.1 Å². The van der Waals surface area contributed by atoms with Crippen LogP contribution >= 0.6 is 0 Å². The number of hydrogen-bond donors (Lipinski definition) is 10. The molecule has 0 bridgehead atoms. The number of nitrogens with zero attached hydrogens (tertiary/aromatic N) is 3. The quantitative estimate of drug-likeness (QED) is 0.0387. The van der Waals surface area contributed by atoms with E-state index in [9.17, 15) is 68.7 Å². The van der Waals surface area contributed by atoms with Crippen LogP contribution in [-0.4, -0.2) is 132 Å². The Morgan fingerprint density at radius 2 is 1.60 bits per heavy atom. The van der Waals surface area contributed by atoms with E-state index in [4.69, 9.17) is 23.9 Å². The van der Waals surface area contributed by atoms with Crippen LogP contribution in [0.4, 0.5) is 14.9 Å². The predicted octanol–water partition coefficient (Wildman–Crippen LogP) is 2.57. The lowest BCUT2D eigenvalue weighted by Crippen LogP contribution is -2.61. The number of alkyl carbamates (subject to hydrolysis) is 1. The number of nitrogens with one attached hydrogen (secondary N) is 5. The van der Waals surface area contributed by atoms with Crippen molar-refractivity contribution in [2.75, 3.05) is 18.0 Å². The summed E-state index contributed by atoms with van der Waals surface area (Å²) < 4.78 is 39.3. The molecule has 490 valence electrons. The molecule has 4 aromatic carbocycles. The average molecular weight is 1290 g/mol. The Bertz CT molecular complexity index is 4240. The van der Waals surface area contributed by atoms with Crippen molar-refractivity contribution in [1.82, 2.24) is 36.1 Å². The second-order valence-corrected chi connectivity index (χ2v) is 23.4. The van der Waals surface area contributed by atoms with Crippen molar-refractivity contribution in [2.24, 2.45) is 0 Å². The molecule has 0 spiro atoms. The van der Waals surface area contributed by atoms with E-state index in [1.165, 1.54) is 34.9 Å². The molecule has 94 heavy (non-hydrogen) atoms. The lowest BCUT2D eigenvalue weighted by molar-refractivity contribution is -0.271. The first-order chi connectivity index (χ1) is 45.1. The molecule has 6 amide bonds. The number of carbonyl (C=O) groups excluding carboxylic acids is 7. The van der Waals surface area contributed by atoms with Crippen LogP contribution in [0.5, 0.6) is 5.75 Å². The number of aliphatic carboxylic acids is 1. The molecule has 10 N–H and O–H groups in total. The minimum atomic E-state index is -2.11. The van der Waals surface area contributed by atoms with Gasteiger partial charge < -0.3 is 80.5 Å². The maximum absolute atomic E-state index is 15.6. The summed E-state index contributed by atoms with van der Waals surface area (Å²) >= 11 is 0. The lowest BCUT2D eigenvalue weighted by Gasteiger charge is -2.38. The number of aryl methyl sites for hydroxylation is 1. The molecule has 1 aliphatic carbocycles. The molecule has 6 heterocycles. The molecule has 0 radical (unpaired) electrons. The van der Waals surface area contributed by atoms with Gasteiger partial charge in [-0.3, -0.25) is 28.8 Å². The van der Waals surface area contributed by atoms with Crippen LogP contribution in [0.25, 0.3) is 22.3 Å². The third-order valence-corrected chi connectivity index (χ3v) is 17.6. The second kappa shape index (κ2) is 27.2. The summed E-state index contributed by atoms with van der Waals surface area (Å²) in [5.74, 6) is 0.203. The summed E-state index contributed by atoms with van der Waals surface area (Å²) in [6.07, 6.45) is -11.2. The molecule has 26 nitrogen and oxygen atoms in total. The topological polar surface area (TPSA) is 373 Å². The highest BCUT2D eigenvalue weighted by atomic mass is 19.1. The first-order valence-corrected chi connectivity index (χ1v) is 30.6. The number of para-hydroxylation sites is 1. The van der Waals surface area contributed by atoms with Gasteiger partial charge in [-0.15, -0.1) is 0 Å². The van der Waals surface area contributed by atoms with E-state index in [-0.39, 0.29) is 117 Å². The van der Waals surface area contributed by atoms with Crippen molar-refractivity contribution in [3.05, 3.63) is 156 Å². The molecule has 27 heteroatoms. The summed E-state index contributed by atoms with van der Waals surface area (Å²) in [7, 11) is 0. The van der Waals surface area contributed by atoms with Gasteiger partial charge in [-0.2, -0.15) is 0 Å². The number of anilines is 1. The van der Waals surface area contributed by atoms with Gasteiger partial charge in [0.25, 0.3) is 5.56 Å². The molecule has 1 saturated heterocycles. The maximum atomic E-state index is 15.6. The average Bonchev–Trinajstić information content (AvgIpc) is 1.49. The number of aliphatic hydroxyl groups excluding tert-OH is 3. The number of carboxylic acids is 1. The molecule has 0 saturated carbocycles. The fraction of sp³-hybridized carbons (Fsp3) is 0.373. The number of amides is 6. The number of rotatable bonds is 20. The van der Waals surface area contributed by atoms with E-state index in [2.05, 4.69) is 38.4 Å². The number of ether oxygens (including phenoxy) is 4. The van der Waals surface area contributed by atoms with E-state index in [0.29, 0.717) is 56.6 Å². The van der Waals surface area contributed by atoms with Gasteiger partial charge in [-0.05, 0) is 90.4 Å². The van der Waals surface area contributed by atoms with Crippen molar-refractivity contribution in [2.45, 2.75) is 147 Å². The molecule has 1 fully saturated rings. The monoisotopic (exact) mass is 1290 g/mol. The number of esters is 1. The predicted molar refractivity (Wildman–Crippen MR) is 329 cm³/mol. The van der Waals surface area contributed by atoms with Crippen molar-refractivity contribution in [1.29, 1.82) is 0 Å². The van der Waals surface area contributed by atoms with E-state index in [1.54, 1.807) is 49.9 Å². The summed E-state index contributed by atoms with van der Waals surface area (Å²) in [6, 6.07) is 19.5. The number of halogens is 1. The number of pyridine rings is 2. The van der Waals surface area contributed by atoms with E-state index >= 15 is 4.39 Å². The Labute approximate surface area is 535 Å². The van der Waals surface area contributed by atoms with Crippen molar-refractivity contribution in [3.63, 3.8) is 0 Å². The van der Waals surface area contributed by atoms with Crippen LogP contribution in [0, 0.1) is 24.6 Å². The Morgan fingerprint density at radius 1 is 0.840 bits per heavy atom. The zero-order valence-electron chi connectivity index (χ0n) is 51.2. The molecule has 0 unspecified atom stereocenters. The largest absolute Gasteiger partial charge is 0.479 e. The van der Waals surface area contributed by atoms with Gasteiger partial charge in [0.2, 0.25) is 35.8 Å². The van der Waals surface area contributed by atoms with Crippen LogP contribution in [0.3, 0.4) is 0 Å². The number of aromatic nitrogens is 2. The van der Waals surface area contributed by atoms with Gasteiger partial charge in [0.15, 0.2) is 11.7 Å². The standard InChI is InChI=1S/C67H67FN8O18/c1-4-50(77)71-28-46(72-52(79)20-21-53(80)75-29-37-12-7-6-10-35(37)15-16-36-11-8-9-13-47(36)75)61(84)69-23-22-51(78)70-27-38-24-34(14-19-49(38)93-64-59(83)57(81)58(82)60(94-64)63(86)87)31-92-66(89)74-44-18-17-39-33(3)43(68)26-45-54(39)55(44)40-30-76-48(56(40)73-45)25-42-41(62(76)85)32-91-65(88)67(42,90)5-2/h6-14,19,24-26,44,46,57-60,64,81-83,90H,4-5,17-18,20-23,27-32H2,1-3H3,(H,69,84)(H,70,78)(H,71,77)(H,72,79)(H,74,89)(H,86,87)/t44-,46-,57-,58-,59+,60-,64+,67-/m0/s1. The van der Waals surface area contributed by atoms with Crippen molar-refractivity contribution < 1.29 is 87.2 Å². The number of aliphatic hydroxyl groups is 4. The Hall–Kier alpha value is -10.1. The highest BCUT2D eigenvalue weighted by Crippen LogP contribution is 2.46. The number of hydrogen-bond acceptors (Lipinski definition) is 18. The van der Waals surface area contributed by atoms with E-state index < -0.39 is 108 Å².